The number of benzene rings is 1. The lowest BCUT2D eigenvalue weighted by molar-refractivity contribution is 0.0695. The molecule has 2 aromatic rings. The van der Waals surface area contributed by atoms with E-state index < -0.39 is 5.97 Å². The molecule has 0 saturated carbocycles. The maximum Gasteiger partial charge on any atom is 0.338 e. The van der Waals surface area contributed by atoms with Gasteiger partial charge in [-0.1, -0.05) is 12.1 Å². The maximum atomic E-state index is 10.9. The Balaban J connectivity index is 2.86. The Morgan fingerprint density at radius 1 is 1.33 bits per heavy atom. The summed E-state index contributed by atoms with van der Waals surface area (Å²) in [4.78, 5) is 15.0. The lowest BCUT2D eigenvalue weighted by atomic mass is 10.1. The number of pyridine rings is 1. The van der Waals surface area contributed by atoms with Crippen molar-refractivity contribution < 1.29 is 9.90 Å². The van der Waals surface area contributed by atoms with E-state index >= 15 is 0 Å². The Bertz CT molecular complexity index is 554. The van der Waals surface area contributed by atoms with Crippen LogP contribution in [-0.4, -0.2) is 16.1 Å². The quantitative estimate of drug-likeness (QED) is 0.871. The van der Waals surface area contributed by atoms with Gasteiger partial charge in [-0.2, -0.15) is 0 Å². The first kappa shape index (κ1) is 10.6. The van der Waals surface area contributed by atoms with Crippen molar-refractivity contribution in [2.75, 3.05) is 0 Å². The van der Waals surface area contributed by atoms with Crippen molar-refractivity contribution in [3.8, 4) is 0 Å². The zero-order chi connectivity index (χ0) is 11.0. The molecule has 0 saturated heterocycles. The SMILES string of the molecule is O=C(O)c1cnc2c(Br)cccc2c1Br. The van der Waals surface area contributed by atoms with Crippen LogP contribution in [0.25, 0.3) is 10.9 Å². The first-order chi connectivity index (χ1) is 7.11. The average Bonchev–Trinajstić information content (AvgIpc) is 2.19. The van der Waals surface area contributed by atoms with Gasteiger partial charge in [-0.25, -0.2) is 4.79 Å². The van der Waals surface area contributed by atoms with E-state index in [9.17, 15) is 4.79 Å². The zero-order valence-electron chi connectivity index (χ0n) is 7.37. The molecule has 0 aliphatic carbocycles. The average molecular weight is 331 g/mol. The number of fused-ring (bicyclic) bond motifs is 1. The summed E-state index contributed by atoms with van der Waals surface area (Å²) < 4.78 is 1.40. The molecular formula is C10H5Br2NO2. The highest BCUT2D eigenvalue weighted by atomic mass is 79.9. The van der Waals surface area contributed by atoms with Gasteiger partial charge in [0.1, 0.15) is 0 Å². The maximum absolute atomic E-state index is 10.9. The van der Waals surface area contributed by atoms with E-state index in [-0.39, 0.29) is 5.56 Å². The predicted molar refractivity (Wildman–Crippen MR) is 64.1 cm³/mol. The van der Waals surface area contributed by atoms with Crippen LogP contribution in [0.2, 0.25) is 0 Å². The molecule has 1 aromatic carbocycles. The van der Waals surface area contributed by atoms with Crippen molar-refractivity contribution in [3.05, 3.63) is 38.9 Å². The fourth-order valence-corrected chi connectivity index (χ4v) is 2.36. The van der Waals surface area contributed by atoms with E-state index in [1.807, 2.05) is 18.2 Å². The topological polar surface area (TPSA) is 50.2 Å². The normalized spacial score (nSPS) is 10.5. The van der Waals surface area contributed by atoms with Crippen molar-refractivity contribution in [1.29, 1.82) is 0 Å². The van der Waals surface area contributed by atoms with Gasteiger partial charge in [0.25, 0.3) is 0 Å². The van der Waals surface area contributed by atoms with Crippen LogP contribution < -0.4 is 0 Å². The molecule has 0 fully saturated rings. The molecular weight excluding hydrogens is 326 g/mol. The molecule has 5 heteroatoms. The minimum atomic E-state index is -0.990. The van der Waals surface area contributed by atoms with Crippen LogP contribution in [0.4, 0.5) is 0 Å². The molecule has 0 radical (unpaired) electrons. The van der Waals surface area contributed by atoms with Crippen molar-refractivity contribution in [3.63, 3.8) is 0 Å². The number of hydrogen-bond acceptors (Lipinski definition) is 2. The zero-order valence-corrected chi connectivity index (χ0v) is 10.5. The van der Waals surface area contributed by atoms with E-state index in [4.69, 9.17) is 5.11 Å². The molecule has 3 nitrogen and oxygen atoms in total. The van der Waals surface area contributed by atoms with E-state index in [0.717, 1.165) is 15.4 Å². The summed E-state index contributed by atoms with van der Waals surface area (Å²) in [5, 5.41) is 9.69. The van der Waals surface area contributed by atoms with E-state index in [0.29, 0.717) is 4.47 Å². The molecule has 76 valence electrons. The van der Waals surface area contributed by atoms with Gasteiger partial charge >= 0.3 is 5.97 Å². The number of aromatic nitrogens is 1. The summed E-state index contributed by atoms with van der Waals surface area (Å²) in [6, 6.07) is 5.52. The number of aromatic carboxylic acids is 1. The second kappa shape index (κ2) is 3.90. The molecule has 0 aliphatic heterocycles. The van der Waals surface area contributed by atoms with Crippen LogP contribution >= 0.6 is 31.9 Å². The fourth-order valence-electron chi connectivity index (χ4n) is 1.30. The second-order valence-corrected chi connectivity index (χ2v) is 4.57. The monoisotopic (exact) mass is 329 g/mol. The Morgan fingerprint density at radius 2 is 2.07 bits per heavy atom. The smallest absolute Gasteiger partial charge is 0.338 e. The predicted octanol–water partition coefficient (Wildman–Crippen LogP) is 3.46. The summed E-state index contributed by atoms with van der Waals surface area (Å²) >= 11 is 6.64. The summed E-state index contributed by atoms with van der Waals surface area (Å²) in [7, 11) is 0. The number of halogens is 2. The first-order valence-electron chi connectivity index (χ1n) is 4.07. The third-order valence-electron chi connectivity index (χ3n) is 2.01. The third kappa shape index (κ3) is 1.77. The van der Waals surface area contributed by atoms with Crippen LogP contribution in [0.15, 0.2) is 33.3 Å². The number of para-hydroxylation sites is 1. The van der Waals surface area contributed by atoms with Crippen molar-refractivity contribution in [2.45, 2.75) is 0 Å². The number of carboxylic acids is 1. The molecule has 1 N–H and O–H groups in total. The van der Waals surface area contributed by atoms with E-state index in [1.165, 1.54) is 6.20 Å². The Hall–Kier alpha value is -0.940. The van der Waals surface area contributed by atoms with Gasteiger partial charge in [-0.05, 0) is 37.9 Å². The second-order valence-electron chi connectivity index (χ2n) is 2.93. The highest BCUT2D eigenvalue weighted by molar-refractivity contribution is 9.11. The number of rotatable bonds is 1. The summed E-state index contributed by atoms with van der Waals surface area (Å²) in [5.74, 6) is -0.990. The number of hydrogen-bond donors (Lipinski definition) is 1. The molecule has 0 unspecified atom stereocenters. The minimum Gasteiger partial charge on any atom is -0.478 e. The number of nitrogens with zero attached hydrogens (tertiary/aromatic N) is 1. The van der Waals surface area contributed by atoms with Gasteiger partial charge in [-0.15, -0.1) is 0 Å². The molecule has 1 aromatic heterocycles. The van der Waals surface area contributed by atoms with Gasteiger partial charge in [0.2, 0.25) is 0 Å². The van der Waals surface area contributed by atoms with Crippen LogP contribution in [0.3, 0.4) is 0 Å². The van der Waals surface area contributed by atoms with Crippen LogP contribution in [0, 0.1) is 0 Å². The summed E-state index contributed by atoms with van der Waals surface area (Å²) in [6.07, 6.45) is 1.35. The Morgan fingerprint density at radius 3 is 2.73 bits per heavy atom. The van der Waals surface area contributed by atoms with E-state index in [1.54, 1.807) is 0 Å². The van der Waals surface area contributed by atoms with Crippen molar-refractivity contribution in [2.24, 2.45) is 0 Å². The molecule has 15 heavy (non-hydrogen) atoms. The standard InChI is InChI=1S/C10H5Br2NO2/c11-7-3-1-2-5-8(12)6(10(14)15)4-13-9(5)7/h1-4H,(H,14,15). The van der Waals surface area contributed by atoms with Crippen molar-refractivity contribution >= 4 is 48.7 Å². The van der Waals surface area contributed by atoms with Crippen LogP contribution in [0.5, 0.6) is 0 Å². The van der Waals surface area contributed by atoms with Crippen molar-refractivity contribution in [1.82, 2.24) is 4.98 Å². The van der Waals surface area contributed by atoms with Crippen LogP contribution in [-0.2, 0) is 0 Å². The van der Waals surface area contributed by atoms with E-state index in [2.05, 4.69) is 36.8 Å². The molecule has 0 atom stereocenters. The Kier molecular flexibility index (Phi) is 2.75. The first-order valence-corrected chi connectivity index (χ1v) is 5.66. The van der Waals surface area contributed by atoms with Gasteiger partial charge in [0.05, 0.1) is 11.1 Å². The highest BCUT2D eigenvalue weighted by Gasteiger charge is 2.12. The van der Waals surface area contributed by atoms with Gasteiger partial charge < -0.3 is 5.11 Å². The molecule has 0 amide bonds. The Labute approximate surface area is 102 Å². The van der Waals surface area contributed by atoms with Crippen LogP contribution in [0.1, 0.15) is 10.4 Å². The summed E-state index contributed by atoms with van der Waals surface area (Å²) in [6.45, 7) is 0. The lowest BCUT2D eigenvalue weighted by Crippen LogP contribution is -1.99. The lowest BCUT2D eigenvalue weighted by Gasteiger charge is -2.04. The summed E-state index contributed by atoms with van der Waals surface area (Å²) in [5.41, 5.74) is 0.912. The largest absolute Gasteiger partial charge is 0.478 e. The molecule has 2 rings (SSSR count). The molecule has 1 heterocycles. The fraction of sp³-hybridized carbons (Fsp3) is 0. The number of carboxylic acid groups (broad SMARTS) is 1. The molecule has 0 spiro atoms. The highest BCUT2D eigenvalue weighted by Crippen LogP contribution is 2.30. The third-order valence-corrected chi connectivity index (χ3v) is 3.51. The van der Waals surface area contributed by atoms with Gasteiger partial charge in [0, 0.05) is 20.5 Å². The molecule has 0 bridgehead atoms. The number of carbonyl (C=O) groups is 1. The molecule has 0 aliphatic rings. The van der Waals surface area contributed by atoms with Gasteiger partial charge in [-0.3, -0.25) is 4.98 Å². The van der Waals surface area contributed by atoms with Gasteiger partial charge in [0.15, 0.2) is 0 Å². The minimum absolute atomic E-state index is 0.167.